The van der Waals surface area contributed by atoms with Crippen molar-refractivity contribution in [1.29, 1.82) is 0 Å². The van der Waals surface area contributed by atoms with E-state index in [2.05, 4.69) is 30.2 Å². The van der Waals surface area contributed by atoms with Crippen molar-refractivity contribution >= 4 is 11.9 Å². The number of benzene rings is 2. The van der Waals surface area contributed by atoms with Crippen LogP contribution in [0.3, 0.4) is 0 Å². The summed E-state index contributed by atoms with van der Waals surface area (Å²) in [5, 5.41) is 3.32. The second-order valence-electron chi connectivity index (χ2n) is 6.90. The molecule has 156 valence electrons. The van der Waals surface area contributed by atoms with E-state index in [-0.39, 0.29) is 6.61 Å². The van der Waals surface area contributed by atoms with Crippen molar-refractivity contribution in [3.8, 4) is 11.5 Å². The highest BCUT2D eigenvalue weighted by Gasteiger charge is 2.07. The van der Waals surface area contributed by atoms with Crippen LogP contribution in [0.2, 0.25) is 0 Å². The number of nitrogens with one attached hydrogen (secondary N) is 1. The van der Waals surface area contributed by atoms with Crippen LogP contribution >= 0.6 is 0 Å². The summed E-state index contributed by atoms with van der Waals surface area (Å²) in [7, 11) is 3.71. The highest BCUT2D eigenvalue weighted by Crippen LogP contribution is 2.16. The van der Waals surface area contributed by atoms with E-state index in [0.717, 1.165) is 17.3 Å². The predicted molar refractivity (Wildman–Crippen MR) is 115 cm³/mol. The summed E-state index contributed by atoms with van der Waals surface area (Å²) in [4.78, 5) is 17.2. The van der Waals surface area contributed by atoms with Gasteiger partial charge in [-0.15, -0.1) is 0 Å². The Balaban J connectivity index is 1.83. The number of rotatable bonds is 9. The number of nitrogens with zero attached hydrogens (tertiary/aromatic N) is 2. The summed E-state index contributed by atoms with van der Waals surface area (Å²) in [6, 6.07) is 13.7. The number of aryl methyl sites for hydroxylation is 2. The van der Waals surface area contributed by atoms with Crippen molar-refractivity contribution in [3.63, 3.8) is 0 Å². The van der Waals surface area contributed by atoms with E-state index in [4.69, 9.17) is 15.2 Å². The van der Waals surface area contributed by atoms with Gasteiger partial charge in [0.05, 0.1) is 6.54 Å². The lowest BCUT2D eigenvalue weighted by Gasteiger charge is -2.22. The Morgan fingerprint density at radius 3 is 2.48 bits per heavy atom. The van der Waals surface area contributed by atoms with Crippen LogP contribution in [0.15, 0.2) is 47.5 Å². The lowest BCUT2D eigenvalue weighted by atomic mass is 10.1. The Kier molecular flexibility index (Phi) is 8.33. The van der Waals surface area contributed by atoms with Crippen LogP contribution in [0.1, 0.15) is 16.7 Å². The number of guanidine groups is 1. The molecule has 29 heavy (non-hydrogen) atoms. The predicted octanol–water partition coefficient (Wildman–Crippen LogP) is 2.25. The van der Waals surface area contributed by atoms with Crippen molar-refractivity contribution in [1.82, 2.24) is 10.2 Å². The highest BCUT2D eigenvalue weighted by atomic mass is 16.5. The molecule has 2 aromatic rings. The molecule has 3 N–H and O–H groups in total. The second kappa shape index (κ2) is 10.9. The van der Waals surface area contributed by atoms with Gasteiger partial charge in [0.2, 0.25) is 0 Å². The van der Waals surface area contributed by atoms with Crippen LogP contribution in [-0.2, 0) is 11.3 Å². The normalized spacial score (nSPS) is 11.1. The Morgan fingerprint density at radius 2 is 1.83 bits per heavy atom. The van der Waals surface area contributed by atoms with Gasteiger partial charge in [-0.3, -0.25) is 9.79 Å². The van der Waals surface area contributed by atoms with Gasteiger partial charge in [0, 0.05) is 20.6 Å². The molecule has 0 fully saturated rings. The summed E-state index contributed by atoms with van der Waals surface area (Å²) in [6.07, 6.45) is 0. The zero-order chi connectivity index (χ0) is 21.2. The molecule has 0 saturated heterocycles. The van der Waals surface area contributed by atoms with Crippen molar-refractivity contribution in [2.45, 2.75) is 20.4 Å². The van der Waals surface area contributed by atoms with Gasteiger partial charge in [-0.05, 0) is 54.8 Å². The Bertz CT molecular complexity index is 831. The molecule has 0 heterocycles. The molecule has 0 radical (unpaired) electrons. The summed E-state index contributed by atoms with van der Waals surface area (Å²) >= 11 is 0. The van der Waals surface area contributed by atoms with E-state index in [1.54, 1.807) is 13.1 Å². The quantitative estimate of drug-likeness (QED) is 0.500. The van der Waals surface area contributed by atoms with E-state index in [1.807, 2.05) is 42.3 Å². The lowest BCUT2D eigenvalue weighted by molar-refractivity contribution is -0.119. The van der Waals surface area contributed by atoms with Gasteiger partial charge in [-0.1, -0.05) is 18.2 Å². The maximum atomic E-state index is 10.8. The minimum Gasteiger partial charge on any atom is -0.492 e. The molecular weight excluding hydrogens is 368 g/mol. The number of carbonyl (C=O) groups excluding carboxylic acids is 1. The maximum absolute atomic E-state index is 10.8. The van der Waals surface area contributed by atoms with E-state index in [0.29, 0.717) is 25.4 Å². The second-order valence-corrected chi connectivity index (χ2v) is 6.90. The fourth-order valence-electron chi connectivity index (χ4n) is 2.89. The van der Waals surface area contributed by atoms with Gasteiger partial charge in [-0.25, -0.2) is 0 Å². The van der Waals surface area contributed by atoms with E-state index in [1.165, 1.54) is 11.1 Å². The van der Waals surface area contributed by atoms with Crippen LogP contribution in [-0.4, -0.2) is 50.6 Å². The number of carbonyl (C=O) groups is 1. The first-order valence-electron chi connectivity index (χ1n) is 9.50. The third kappa shape index (κ3) is 7.73. The minimum absolute atomic E-state index is 0.137. The standard InChI is InChI=1S/C22H30N4O3/c1-16-10-17(2)12-20(11-16)28-9-8-26(4)22(24-3)25-14-18-6-5-7-19(13-18)29-15-21(23)27/h5-7,10-13H,8-9,14-15H2,1-4H3,(H2,23,27)(H,24,25). The molecule has 7 heteroatoms. The molecule has 7 nitrogen and oxygen atoms in total. The van der Waals surface area contributed by atoms with Crippen molar-refractivity contribution in [2.75, 3.05) is 33.9 Å². The molecule has 2 rings (SSSR count). The van der Waals surface area contributed by atoms with Crippen LogP contribution in [0.25, 0.3) is 0 Å². The number of ether oxygens (including phenoxy) is 2. The van der Waals surface area contributed by atoms with E-state index in [9.17, 15) is 4.79 Å². The zero-order valence-electron chi connectivity index (χ0n) is 17.6. The van der Waals surface area contributed by atoms with Crippen LogP contribution in [0.4, 0.5) is 0 Å². The summed E-state index contributed by atoms with van der Waals surface area (Å²) in [6.45, 7) is 5.80. The first-order chi connectivity index (χ1) is 13.9. The van der Waals surface area contributed by atoms with Gasteiger partial charge < -0.3 is 25.4 Å². The van der Waals surface area contributed by atoms with E-state index < -0.39 is 5.91 Å². The third-order valence-corrected chi connectivity index (χ3v) is 4.19. The fourth-order valence-corrected chi connectivity index (χ4v) is 2.89. The average molecular weight is 399 g/mol. The van der Waals surface area contributed by atoms with Crippen LogP contribution in [0, 0.1) is 13.8 Å². The van der Waals surface area contributed by atoms with Crippen molar-refractivity contribution in [2.24, 2.45) is 10.7 Å². The molecule has 0 atom stereocenters. The molecule has 0 aliphatic heterocycles. The number of amides is 1. The number of primary amides is 1. The lowest BCUT2D eigenvalue weighted by Crippen LogP contribution is -2.40. The number of nitrogens with two attached hydrogens (primary N) is 1. The van der Waals surface area contributed by atoms with Crippen molar-refractivity contribution in [3.05, 3.63) is 59.2 Å². The number of hydrogen-bond acceptors (Lipinski definition) is 4. The Labute approximate surface area is 172 Å². The first kappa shape index (κ1) is 22.1. The Hall–Kier alpha value is -3.22. The van der Waals surface area contributed by atoms with Gasteiger partial charge in [0.15, 0.2) is 12.6 Å². The smallest absolute Gasteiger partial charge is 0.255 e. The van der Waals surface area contributed by atoms with Gasteiger partial charge in [0.1, 0.15) is 18.1 Å². The molecule has 2 aromatic carbocycles. The fraction of sp³-hybridized carbons (Fsp3) is 0.364. The SMILES string of the molecule is CN=C(NCc1cccc(OCC(N)=O)c1)N(C)CCOc1cc(C)cc(C)c1. The molecular formula is C22H30N4O3. The minimum atomic E-state index is -0.501. The van der Waals surface area contributed by atoms with Gasteiger partial charge >= 0.3 is 0 Å². The third-order valence-electron chi connectivity index (χ3n) is 4.19. The highest BCUT2D eigenvalue weighted by molar-refractivity contribution is 5.79. The molecule has 0 aliphatic rings. The van der Waals surface area contributed by atoms with Crippen LogP contribution < -0.4 is 20.5 Å². The summed E-state index contributed by atoms with van der Waals surface area (Å²) < 4.78 is 11.2. The Morgan fingerprint density at radius 1 is 1.10 bits per heavy atom. The molecule has 1 amide bonds. The maximum Gasteiger partial charge on any atom is 0.255 e. The van der Waals surface area contributed by atoms with Gasteiger partial charge in [-0.2, -0.15) is 0 Å². The number of likely N-dealkylation sites (N-methyl/N-ethyl adjacent to an activating group) is 1. The monoisotopic (exact) mass is 398 g/mol. The van der Waals surface area contributed by atoms with Gasteiger partial charge in [0.25, 0.3) is 5.91 Å². The molecule has 0 unspecified atom stereocenters. The number of aliphatic imine (C=N–C) groups is 1. The average Bonchev–Trinajstić information content (AvgIpc) is 2.66. The summed E-state index contributed by atoms with van der Waals surface area (Å²) in [5.41, 5.74) is 8.50. The largest absolute Gasteiger partial charge is 0.492 e. The van der Waals surface area contributed by atoms with Crippen molar-refractivity contribution < 1.29 is 14.3 Å². The molecule has 0 spiro atoms. The first-order valence-corrected chi connectivity index (χ1v) is 9.50. The molecule has 0 aliphatic carbocycles. The number of hydrogen-bond donors (Lipinski definition) is 2. The summed E-state index contributed by atoms with van der Waals surface area (Å²) in [5.74, 6) is 1.75. The topological polar surface area (TPSA) is 89.2 Å². The molecule has 0 saturated carbocycles. The van der Waals surface area contributed by atoms with E-state index >= 15 is 0 Å². The zero-order valence-corrected chi connectivity index (χ0v) is 17.6. The van der Waals surface area contributed by atoms with Crippen LogP contribution in [0.5, 0.6) is 11.5 Å². The molecule has 0 bridgehead atoms. The molecule has 0 aromatic heterocycles.